The average Bonchev–Trinajstić information content (AvgIpc) is 2.65. The van der Waals surface area contributed by atoms with Gasteiger partial charge >= 0.3 is 0 Å². The number of aryl methyl sites for hydroxylation is 1. The molecule has 0 saturated heterocycles. The smallest absolute Gasteiger partial charge is 0.216 e. The lowest BCUT2D eigenvalue weighted by Crippen LogP contribution is -2.04. The third-order valence-electron chi connectivity index (χ3n) is 3.75. The molecule has 0 aliphatic rings. The minimum atomic E-state index is -3.95. The maximum atomic E-state index is 12.8. The number of ether oxygens (including phenoxy) is 3. The van der Waals surface area contributed by atoms with Crippen LogP contribution in [0.15, 0.2) is 46.2 Å². The van der Waals surface area contributed by atoms with E-state index in [4.69, 9.17) is 14.2 Å². The number of methoxy groups -OCH3 is 3. The van der Waals surface area contributed by atoms with Crippen molar-refractivity contribution in [1.29, 1.82) is 5.26 Å². The van der Waals surface area contributed by atoms with Gasteiger partial charge in [-0.3, -0.25) is 0 Å². The van der Waals surface area contributed by atoms with Gasteiger partial charge in [0.25, 0.3) is 0 Å². The number of benzene rings is 2. The topological polar surface area (TPSA) is 85.6 Å². The van der Waals surface area contributed by atoms with Gasteiger partial charge in [0.2, 0.25) is 9.84 Å². The molecule has 0 bridgehead atoms. The summed E-state index contributed by atoms with van der Waals surface area (Å²) in [5, 5.41) is 9.44. The molecular weight excluding hydrogens is 354 g/mol. The minimum absolute atomic E-state index is 0.0512. The van der Waals surface area contributed by atoms with E-state index in [1.165, 1.54) is 39.5 Å². The highest BCUT2D eigenvalue weighted by Gasteiger charge is 2.22. The van der Waals surface area contributed by atoms with E-state index in [1.807, 2.05) is 6.92 Å². The zero-order valence-corrected chi connectivity index (χ0v) is 15.8. The molecule has 0 aromatic heterocycles. The number of hydrogen-bond acceptors (Lipinski definition) is 6. The summed E-state index contributed by atoms with van der Waals surface area (Å²) in [5.74, 6) is 1.18. The van der Waals surface area contributed by atoms with E-state index in [1.54, 1.807) is 30.3 Å². The molecule has 0 aliphatic carbocycles. The van der Waals surface area contributed by atoms with Crippen molar-refractivity contribution in [2.24, 2.45) is 0 Å². The van der Waals surface area contributed by atoms with Crippen LogP contribution >= 0.6 is 0 Å². The standard InChI is InChI=1S/C19H19NO5S/c1-13-5-7-15(8-6-13)26(21,22)16(12-20)9-14-10-18(24-3)19(25-4)11-17(14)23-2/h5-11H,1-4H3. The van der Waals surface area contributed by atoms with Crippen LogP contribution in [0.5, 0.6) is 17.2 Å². The first kappa shape index (κ1) is 19.3. The molecule has 0 N–H and O–H groups in total. The highest BCUT2D eigenvalue weighted by Crippen LogP contribution is 2.36. The first-order valence-electron chi connectivity index (χ1n) is 7.61. The Morgan fingerprint density at radius 1 is 0.962 bits per heavy atom. The van der Waals surface area contributed by atoms with Crippen LogP contribution in [0.4, 0.5) is 0 Å². The Morgan fingerprint density at radius 2 is 1.50 bits per heavy atom. The molecule has 0 aliphatic heterocycles. The summed E-state index contributed by atoms with van der Waals surface area (Å²) in [6.45, 7) is 1.85. The lowest BCUT2D eigenvalue weighted by Gasteiger charge is -2.12. The Balaban J connectivity index is 2.62. The van der Waals surface area contributed by atoms with E-state index in [0.717, 1.165) is 5.56 Å². The molecule has 26 heavy (non-hydrogen) atoms. The van der Waals surface area contributed by atoms with Crippen LogP contribution in [-0.4, -0.2) is 29.7 Å². The number of sulfone groups is 1. The van der Waals surface area contributed by atoms with Crippen molar-refractivity contribution in [3.8, 4) is 23.3 Å². The Kier molecular flexibility index (Phi) is 5.90. The third-order valence-corrected chi connectivity index (χ3v) is 5.43. The van der Waals surface area contributed by atoms with Crippen LogP contribution in [0, 0.1) is 18.3 Å². The Labute approximate surface area is 153 Å². The molecule has 0 radical (unpaired) electrons. The maximum Gasteiger partial charge on any atom is 0.216 e. The fourth-order valence-electron chi connectivity index (χ4n) is 2.32. The number of allylic oxidation sites excluding steroid dienone is 1. The van der Waals surface area contributed by atoms with Crippen molar-refractivity contribution in [3.05, 3.63) is 52.4 Å². The molecule has 0 amide bonds. The van der Waals surface area contributed by atoms with Crippen LogP contribution in [0.1, 0.15) is 11.1 Å². The lowest BCUT2D eigenvalue weighted by molar-refractivity contribution is 0.348. The summed E-state index contributed by atoms with van der Waals surface area (Å²) in [6, 6.07) is 11.2. The molecule has 6 nitrogen and oxygen atoms in total. The highest BCUT2D eigenvalue weighted by atomic mass is 32.2. The molecule has 0 fully saturated rings. The largest absolute Gasteiger partial charge is 0.496 e. The summed E-state index contributed by atoms with van der Waals surface area (Å²) in [4.78, 5) is -0.345. The second kappa shape index (κ2) is 7.93. The summed E-state index contributed by atoms with van der Waals surface area (Å²) in [7, 11) is 0.435. The summed E-state index contributed by atoms with van der Waals surface area (Å²) >= 11 is 0. The van der Waals surface area contributed by atoms with Gasteiger partial charge in [0.15, 0.2) is 11.5 Å². The van der Waals surface area contributed by atoms with Crippen LogP contribution in [0.2, 0.25) is 0 Å². The lowest BCUT2D eigenvalue weighted by atomic mass is 10.1. The molecule has 0 saturated carbocycles. The molecule has 0 atom stereocenters. The van der Waals surface area contributed by atoms with Crippen molar-refractivity contribution in [2.75, 3.05) is 21.3 Å². The Bertz CT molecular complexity index is 970. The fraction of sp³-hybridized carbons (Fsp3) is 0.211. The van der Waals surface area contributed by atoms with E-state index >= 15 is 0 Å². The predicted octanol–water partition coefficient (Wildman–Crippen LogP) is 3.36. The monoisotopic (exact) mass is 373 g/mol. The predicted molar refractivity (Wildman–Crippen MR) is 98.1 cm³/mol. The van der Waals surface area contributed by atoms with Gasteiger partial charge in [0.05, 0.1) is 26.2 Å². The average molecular weight is 373 g/mol. The van der Waals surface area contributed by atoms with E-state index in [2.05, 4.69) is 0 Å². The third kappa shape index (κ3) is 3.81. The van der Waals surface area contributed by atoms with Gasteiger partial charge in [-0.05, 0) is 31.2 Å². The van der Waals surface area contributed by atoms with Crippen molar-refractivity contribution in [3.63, 3.8) is 0 Å². The number of nitriles is 1. The highest BCUT2D eigenvalue weighted by molar-refractivity contribution is 7.95. The van der Waals surface area contributed by atoms with Crippen LogP contribution in [-0.2, 0) is 9.84 Å². The Morgan fingerprint density at radius 3 is 2.00 bits per heavy atom. The van der Waals surface area contributed by atoms with Gasteiger partial charge in [0.1, 0.15) is 16.7 Å². The first-order valence-corrected chi connectivity index (χ1v) is 9.09. The first-order chi connectivity index (χ1) is 12.4. The zero-order chi connectivity index (χ0) is 19.3. The van der Waals surface area contributed by atoms with Crippen LogP contribution < -0.4 is 14.2 Å². The SMILES string of the molecule is COc1cc(OC)c(OC)cc1C=C(C#N)S(=O)(=O)c1ccc(C)cc1. The van der Waals surface area contributed by atoms with Crippen molar-refractivity contribution in [2.45, 2.75) is 11.8 Å². The summed E-state index contributed by atoms with van der Waals surface area (Å²) in [6.07, 6.45) is 1.26. The maximum absolute atomic E-state index is 12.8. The normalized spacial score (nSPS) is 11.6. The van der Waals surface area contributed by atoms with Crippen molar-refractivity contribution in [1.82, 2.24) is 0 Å². The molecular formula is C19H19NO5S. The Hall–Kier alpha value is -2.98. The van der Waals surface area contributed by atoms with Gasteiger partial charge in [-0.2, -0.15) is 5.26 Å². The summed E-state index contributed by atoms with van der Waals surface area (Å²) in [5.41, 5.74) is 1.31. The van der Waals surface area contributed by atoms with E-state index < -0.39 is 14.7 Å². The zero-order valence-electron chi connectivity index (χ0n) is 14.9. The molecule has 2 aromatic carbocycles. The van der Waals surface area contributed by atoms with Crippen molar-refractivity contribution < 1.29 is 22.6 Å². The van der Waals surface area contributed by atoms with Crippen LogP contribution in [0.25, 0.3) is 6.08 Å². The quantitative estimate of drug-likeness (QED) is 0.722. The van der Waals surface area contributed by atoms with E-state index in [0.29, 0.717) is 22.8 Å². The van der Waals surface area contributed by atoms with Crippen LogP contribution in [0.3, 0.4) is 0 Å². The fourth-order valence-corrected chi connectivity index (χ4v) is 3.47. The van der Waals surface area contributed by atoms with Gasteiger partial charge in [-0.15, -0.1) is 0 Å². The molecule has 0 spiro atoms. The molecule has 136 valence electrons. The number of rotatable bonds is 6. The van der Waals surface area contributed by atoms with Gasteiger partial charge in [-0.1, -0.05) is 17.7 Å². The molecule has 2 aromatic rings. The molecule has 2 rings (SSSR count). The van der Waals surface area contributed by atoms with Crippen molar-refractivity contribution >= 4 is 15.9 Å². The second-order valence-corrected chi connectivity index (χ2v) is 7.30. The van der Waals surface area contributed by atoms with Gasteiger partial charge < -0.3 is 14.2 Å². The van der Waals surface area contributed by atoms with E-state index in [-0.39, 0.29) is 4.90 Å². The van der Waals surface area contributed by atoms with Gasteiger partial charge in [0, 0.05) is 11.6 Å². The molecule has 0 heterocycles. The number of hydrogen-bond donors (Lipinski definition) is 0. The molecule has 7 heteroatoms. The second-order valence-electron chi connectivity index (χ2n) is 5.39. The van der Waals surface area contributed by atoms with Gasteiger partial charge in [-0.25, -0.2) is 8.42 Å². The number of nitrogens with zero attached hydrogens (tertiary/aromatic N) is 1. The van der Waals surface area contributed by atoms with E-state index in [9.17, 15) is 13.7 Å². The summed E-state index contributed by atoms with van der Waals surface area (Å²) < 4.78 is 41.3. The minimum Gasteiger partial charge on any atom is -0.496 e. The molecule has 0 unspecified atom stereocenters.